The van der Waals surface area contributed by atoms with E-state index in [4.69, 9.17) is 28.9 Å². The molecule has 0 aliphatic carbocycles. The van der Waals surface area contributed by atoms with Gasteiger partial charge in [0.2, 0.25) is 0 Å². The van der Waals surface area contributed by atoms with Crippen molar-refractivity contribution in [2.75, 3.05) is 10.5 Å². The van der Waals surface area contributed by atoms with E-state index in [0.29, 0.717) is 5.69 Å². The minimum atomic E-state index is -3.90. The summed E-state index contributed by atoms with van der Waals surface area (Å²) in [5.41, 5.74) is 6.13. The number of hydrogen-bond donors (Lipinski definition) is 2. The molecule has 0 atom stereocenters. The highest BCUT2D eigenvalue weighted by molar-refractivity contribution is 7.93. The smallest absolute Gasteiger partial charge is 0.264 e. The number of anilines is 2. The largest absolute Gasteiger partial charge is 0.399 e. The number of nitrogen functional groups attached to an aromatic ring is 1. The van der Waals surface area contributed by atoms with E-state index >= 15 is 0 Å². The van der Waals surface area contributed by atoms with Crippen molar-refractivity contribution in [1.82, 2.24) is 9.78 Å². The topological polar surface area (TPSA) is 90.0 Å². The Morgan fingerprint density at radius 3 is 2.37 bits per heavy atom. The summed E-state index contributed by atoms with van der Waals surface area (Å²) in [4.78, 5) is -0.214. The predicted molar refractivity (Wildman–Crippen MR) is 74.9 cm³/mol. The fourth-order valence-electron chi connectivity index (χ4n) is 1.52. The van der Waals surface area contributed by atoms with Crippen LogP contribution in [0, 0.1) is 0 Å². The molecule has 2 rings (SSSR count). The van der Waals surface area contributed by atoms with Crippen molar-refractivity contribution in [2.45, 2.75) is 4.90 Å². The van der Waals surface area contributed by atoms with Crippen molar-refractivity contribution in [3.05, 3.63) is 34.6 Å². The Bertz CT molecular complexity index is 704. The molecule has 0 aliphatic heterocycles. The molecule has 19 heavy (non-hydrogen) atoms. The van der Waals surface area contributed by atoms with Gasteiger partial charge in [-0.25, -0.2) is 8.42 Å². The van der Waals surface area contributed by atoms with Crippen LogP contribution in [0.2, 0.25) is 10.0 Å². The van der Waals surface area contributed by atoms with Crippen LogP contribution in [0.15, 0.2) is 29.4 Å². The van der Waals surface area contributed by atoms with Crippen LogP contribution in [0.25, 0.3) is 0 Å². The molecule has 9 heteroatoms. The molecule has 0 saturated carbocycles. The number of hydrogen-bond acceptors (Lipinski definition) is 4. The average molecular weight is 321 g/mol. The summed E-state index contributed by atoms with van der Waals surface area (Å²) in [7, 11) is -2.23. The van der Waals surface area contributed by atoms with Crippen molar-refractivity contribution in [2.24, 2.45) is 7.05 Å². The predicted octanol–water partition coefficient (Wildman–Crippen LogP) is 2.11. The van der Waals surface area contributed by atoms with Crippen LogP contribution < -0.4 is 10.5 Å². The SMILES string of the molecule is Cn1cc(NS(=O)(=O)c2c(Cl)cc(N)cc2Cl)cn1. The number of nitrogens with zero attached hydrogens (tertiary/aromatic N) is 2. The molecular formula is C10H10Cl2N4O2S. The quantitative estimate of drug-likeness (QED) is 0.847. The molecular weight excluding hydrogens is 311 g/mol. The van der Waals surface area contributed by atoms with Gasteiger partial charge in [-0.3, -0.25) is 9.40 Å². The van der Waals surface area contributed by atoms with E-state index in [2.05, 4.69) is 9.82 Å². The van der Waals surface area contributed by atoms with Crippen LogP contribution in [-0.4, -0.2) is 18.2 Å². The van der Waals surface area contributed by atoms with Crippen molar-refractivity contribution >= 4 is 44.6 Å². The Morgan fingerprint density at radius 1 is 1.32 bits per heavy atom. The summed E-state index contributed by atoms with van der Waals surface area (Å²) in [6.45, 7) is 0. The van der Waals surface area contributed by atoms with Crippen LogP contribution in [0.5, 0.6) is 0 Å². The van der Waals surface area contributed by atoms with Gasteiger partial charge in [-0.15, -0.1) is 0 Å². The third kappa shape index (κ3) is 2.94. The highest BCUT2D eigenvalue weighted by Gasteiger charge is 2.22. The molecule has 102 valence electrons. The Morgan fingerprint density at radius 2 is 1.89 bits per heavy atom. The Balaban J connectivity index is 2.45. The summed E-state index contributed by atoms with van der Waals surface area (Å²) in [5.74, 6) is 0. The number of aryl methyl sites for hydroxylation is 1. The molecule has 0 fully saturated rings. The second-order valence-corrected chi connectivity index (χ2v) is 6.26. The van der Waals surface area contributed by atoms with Gasteiger partial charge in [-0.1, -0.05) is 23.2 Å². The first-order chi connectivity index (χ1) is 8.79. The second-order valence-electron chi connectivity index (χ2n) is 3.82. The van der Waals surface area contributed by atoms with Gasteiger partial charge >= 0.3 is 0 Å². The zero-order chi connectivity index (χ0) is 14.2. The molecule has 1 aromatic carbocycles. The Hall–Kier alpha value is -1.44. The number of benzene rings is 1. The van der Waals surface area contributed by atoms with Crippen LogP contribution in [0.3, 0.4) is 0 Å². The van der Waals surface area contributed by atoms with E-state index in [-0.39, 0.29) is 20.6 Å². The molecule has 0 radical (unpaired) electrons. The molecule has 3 N–H and O–H groups in total. The number of halogens is 2. The fraction of sp³-hybridized carbons (Fsp3) is 0.100. The lowest BCUT2D eigenvalue weighted by molar-refractivity contribution is 0.601. The van der Waals surface area contributed by atoms with Gasteiger partial charge in [-0.05, 0) is 12.1 Å². The number of sulfonamides is 1. The lowest BCUT2D eigenvalue weighted by Crippen LogP contribution is -2.14. The first-order valence-electron chi connectivity index (χ1n) is 5.05. The van der Waals surface area contributed by atoms with Crippen LogP contribution in [-0.2, 0) is 17.1 Å². The maximum atomic E-state index is 12.2. The van der Waals surface area contributed by atoms with Gasteiger partial charge in [0.15, 0.2) is 0 Å². The first-order valence-corrected chi connectivity index (χ1v) is 7.29. The molecule has 0 aliphatic rings. The summed E-state index contributed by atoms with van der Waals surface area (Å²) in [6, 6.07) is 2.65. The summed E-state index contributed by atoms with van der Waals surface area (Å²) < 4.78 is 28.2. The lowest BCUT2D eigenvalue weighted by Gasteiger charge is -2.10. The highest BCUT2D eigenvalue weighted by atomic mass is 35.5. The minimum absolute atomic E-state index is 0.0404. The fourth-order valence-corrected chi connectivity index (χ4v) is 3.78. The molecule has 6 nitrogen and oxygen atoms in total. The first kappa shape index (κ1) is 14.0. The zero-order valence-electron chi connectivity index (χ0n) is 9.76. The van der Waals surface area contributed by atoms with Gasteiger partial charge < -0.3 is 5.73 Å². The summed E-state index contributed by atoms with van der Waals surface area (Å²) in [5, 5.41) is 3.78. The number of nitrogens with one attached hydrogen (secondary N) is 1. The van der Waals surface area contributed by atoms with Crippen molar-refractivity contribution in [3.8, 4) is 0 Å². The van der Waals surface area contributed by atoms with E-state index in [1.54, 1.807) is 7.05 Å². The summed E-state index contributed by atoms with van der Waals surface area (Å²) >= 11 is 11.8. The molecule has 2 aromatic rings. The van der Waals surface area contributed by atoms with Crippen molar-refractivity contribution in [1.29, 1.82) is 0 Å². The van der Waals surface area contributed by atoms with E-state index in [1.807, 2.05) is 0 Å². The zero-order valence-corrected chi connectivity index (χ0v) is 12.1. The van der Waals surface area contributed by atoms with Crippen molar-refractivity contribution in [3.63, 3.8) is 0 Å². The van der Waals surface area contributed by atoms with E-state index < -0.39 is 10.0 Å². The molecule has 0 saturated heterocycles. The van der Waals surface area contributed by atoms with E-state index in [9.17, 15) is 8.42 Å². The highest BCUT2D eigenvalue weighted by Crippen LogP contribution is 2.32. The van der Waals surface area contributed by atoms with Crippen LogP contribution in [0.1, 0.15) is 0 Å². The minimum Gasteiger partial charge on any atom is -0.399 e. The van der Waals surface area contributed by atoms with Gasteiger partial charge in [0.25, 0.3) is 10.0 Å². The standard InChI is InChI=1S/C10H10Cl2N4O2S/c1-16-5-7(4-14-16)15-19(17,18)10-8(11)2-6(13)3-9(10)12/h2-5,15H,13H2,1H3. The Kier molecular flexibility index (Phi) is 3.62. The third-order valence-electron chi connectivity index (χ3n) is 2.25. The third-order valence-corrected chi connectivity index (χ3v) is 4.55. The maximum absolute atomic E-state index is 12.2. The van der Waals surface area contributed by atoms with Crippen LogP contribution >= 0.6 is 23.2 Å². The van der Waals surface area contributed by atoms with Gasteiger partial charge in [0, 0.05) is 18.9 Å². The van der Waals surface area contributed by atoms with Crippen LogP contribution in [0.4, 0.5) is 11.4 Å². The number of aromatic nitrogens is 2. The number of rotatable bonds is 3. The van der Waals surface area contributed by atoms with Gasteiger partial charge in [0.1, 0.15) is 4.90 Å². The lowest BCUT2D eigenvalue weighted by atomic mass is 10.3. The van der Waals surface area contributed by atoms with Crippen molar-refractivity contribution < 1.29 is 8.42 Å². The molecule has 0 spiro atoms. The average Bonchev–Trinajstić information content (AvgIpc) is 2.60. The normalized spacial score (nSPS) is 11.5. The Labute approximate surface area is 120 Å². The van der Waals surface area contributed by atoms with E-state index in [1.165, 1.54) is 29.2 Å². The van der Waals surface area contributed by atoms with E-state index in [0.717, 1.165) is 0 Å². The monoisotopic (exact) mass is 320 g/mol. The summed E-state index contributed by atoms with van der Waals surface area (Å²) in [6.07, 6.45) is 2.88. The molecule has 1 aromatic heterocycles. The molecule has 0 bridgehead atoms. The molecule has 0 amide bonds. The number of nitrogens with two attached hydrogens (primary N) is 1. The maximum Gasteiger partial charge on any atom is 0.264 e. The molecule has 1 heterocycles. The van der Waals surface area contributed by atoms with Gasteiger partial charge in [0.05, 0.1) is 21.9 Å². The van der Waals surface area contributed by atoms with Gasteiger partial charge in [-0.2, -0.15) is 5.10 Å². The second kappa shape index (κ2) is 4.92. The molecule has 0 unspecified atom stereocenters.